The van der Waals surface area contributed by atoms with E-state index >= 15 is 0 Å². The first-order valence-electron chi connectivity index (χ1n) is 7.64. The number of aliphatic imine (C=N–C) groups is 1. The van der Waals surface area contributed by atoms with Crippen molar-refractivity contribution in [2.24, 2.45) is 10.9 Å². The van der Waals surface area contributed by atoms with Gasteiger partial charge in [-0.3, -0.25) is 4.99 Å². The van der Waals surface area contributed by atoms with Gasteiger partial charge in [0.15, 0.2) is 5.17 Å². The van der Waals surface area contributed by atoms with Gasteiger partial charge in [0.05, 0.1) is 6.54 Å². The van der Waals surface area contributed by atoms with E-state index in [0.717, 1.165) is 24.2 Å². The molecule has 2 nitrogen and oxygen atoms in total. The van der Waals surface area contributed by atoms with E-state index in [-0.39, 0.29) is 0 Å². The normalized spacial score (nSPS) is 18.2. The molecule has 1 atom stereocenters. The van der Waals surface area contributed by atoms with Crippen LogP contribution in [0.3, 0.4) is 0 Å². The van der Waals surface area contributed by atoms with Gasteiger partial charge in [-0.05, 0) is 28.7 Å². The van der Waals surface area contributed by atoms with Crippen molar-refractivity contribution in [1.82, 2.24) is 5.32 Å². The maximum atomic E-state index is 4.63. The van der Waals surface area contributed by atoms with Gasteiger partial charge in [-0.15, -0.1) is 0 Å². The molecule has 0 saturated carbocycles. The smallest absolute Gasteiger partial charge is 0.157 e. The molecular formula is C18H22N2S. The van der Waals surface area contributed by atoms with Gasteiger partial charge in [0.2, 0.25) is 0 Å². The summed E-state index contributed by atoms with van der Waals surface area (Å²) in [6.45, 7) is 6.37. The van der Waals surface area contributed by atoms with E-state index < -0.39 is 0 Å². The van der Waals surface area contributed by atoms with Gasteiger partial charge in [-0.2, -0.15) is 0 Å². The number of nitrogens with zero attached hydrogens (tertiary/aromatic N) is 1. The van der Waals surface area contributed by atoms with Gasteiger partial charge >= 0.3 is 0 Å². The molecule has 0 spiro atoms. The van der Waals surface area contributed by atoms with Gasteiger partial charge < -0.3 is 5.32 Å². The summed E-state index contributed by atoms with van der Waals surface area (Å²) >= 11 is 1.90. The zero-order valence-corrected chi connectivity index (χ0v) is 13.5. The summed E-state index contributed by atoms with van der Waals surface area (Å²) in [4.78, 5) is 4.63. The Morgan fingerprint density at radius 3 is 2.86 bits per heavy atom. The lowest BCUT2D eigenvalue weighted by Crippen LogP contribution is -2.19. The third kappa shape index (κ3) is 3.59. The molecule has 0 amide bonds. The highest BCUT2D eigenvalue weighted by molar-refractivity contribution is 8.14. The Morgan fingerprint density at radius 1 is 1.19 bits per heavy atom. The minimum atomic E-state index is 0.653. The lowest BCUT2D eigenvalue weighted by molar-refractivity contribution is 0.575. The Balaban J connectivity index is 1.63. The molecule has 3 rings (SSSR count). The molecular weight excluding hydrogens is 276 g/mol. The van der Waals surface area contributed by atoms with Crippen molar-refractivity contribution < 1.29 is 0 Å². The Bertz CT molecular complexity index is 643. The average Bonchev–Trinajstić information content (AvgIpc) is 2.92. The van der Waals surface area contributed by atoms with E-state index in [2.05, 4.69) is 66.6 Å². The van der Waals surface area contributed by atoms with Crippen LogP contribution < -0.4 is 5.32 Å². The van der Waals surface area contributed by atoms with Crippen molar-refractivity contribution in [3.63, 3.8) is 0 Å². The summed E-state index contributed by atoms with van der Waals surface area (Å²) in [7, 11) is 0. The van der Waals surface area contributed by atoms with E-state index in [1.54, 1.807) is 0 Å². The molecule has 1 aliphatic rings. The van der Waals surface area contributed by atoms with E-state index in [4.69, 9.17) is 0 Å². The first kappa shape index (κ1) is 14.5. The first-order chi connectivity index (χ1) is 10.2. The van der Waals surface area contributed by atoms with Crippen molar-refractivity contribution in [1.29, 1.82) is 0 Å². The lowest BCUT2D eigenvalue weighted by atomic mass is 10.0. The summed E-state index contributed by atoms with van der Waals surface area (Å²) in [6.07, 6.45) is 1.24. The van der Waals surface area contributed by atoms with Crippen LogP contribution in [0.4, 0.5) is 0 Å². The van der Waals surface area contributed by atoms with Gasteiger partial charge in [0.1, 0.15) is 0 Å². The predicted molar refractivity (Wildman–Crippen MR) is 93.9 cm³/mol. The number of amidine groups is 1. The fraction of sp³-hybridized carbons (Fsp3) is 0.389. The van der Waals surface area contributed by atoms with Crippen LogP contribution in [0.5, 0.6) is 0 Å². The molecule has 1 N–H and O–H groups in total. The van der Waals surface area contributed by atoms with E-state index in [1.165, 1.54) is 22.8 Å². The Kier molecular flexibility index (Phi) is 4.49. The maximum Gasteiger partial charge on any atom is 0.157 e. The topological polar surface area (TPSA) is 24.4 Å². The van der Waals surface area contributed by atoms with Gasteiger partial charge in [-0.25, -0.2) is 0 Å². The second-order valence-corrected chi connectivity index (χ2v) is 7.30. The molecule has 21 heavy (non-hydrogen) atoms. The number of fused-ring (bicyclic) bond motifs is 1. The van der Waals surface area contributed by atoms with Crippen molar-refractivity contribution >= 4 is 27.7 Å². The number of benzene rings is 2. The zero-order chi connectivity index (χ0) is 14.7. The van der Waals surface area contributed by atoms with E-state index in [1.807, 2.05) is 11.8 Å². The number of hydrogen-bond donors (Lipinski definition) is 1. The molecule has 0 radical (unpaired) electrons. The van der Waals surface area contributed by atoms with E-state index in [0.29, 0.717) is 5.25 Å². The number of nitrogens with one attached hydrogen (secondary N) is 1. The average molecular weight is 298 g/mol. The second kappa shape index (κ2) is 6.52. The summed E-state index contributed by atoms with van der Waals surface area (Å²) in [6, 6.07) is 15.0. The number of rotatable bonds is 4. The van der Waals surface area contributed by atoms with Crippen LogP contribution in [0.15, 0.2) is 47.5 Å². The van der Waals surface area contributed by atoms with Gasteiger partial charge in [0.25, 0.3) is 0 Å². The van der Waals surface area contributed by atoms with Crippen molar-refractivity contribution in [2.45, 2.75) is 32.1 Å². The van der Waals surface area contributed by atoms with Crippen LogP contribution in [-0.2, 0) is 6.54 Å². The fourth-order valence-corrected chi connectivity index (χ4v) is 4.03. The van der Waals surface area contributed by atoms with Crippen LogP contribution in [0.1, 0.15) is 25.8 Å². The van der Waals surface area contributed by atoms with E-state index in [9.17, 15) is 0 Å². The molecule has 1 aliphatic heterocycles. The molecule has 3 heteroatoms. The van der Waals surface area contributed by atoms with Crippen molar-refractivity contribution in [3.05, 3.63) is 48.0 Å². The molecule has 1 heterocycles. The highest BCUT2D eigenvalue weighted by Crippen LogP contribution is 2.26. The summed E-state index contributed by atoms with van der Waals surface area (Å²) < 4.78 is 0. The minimum Gasteiger partial charge on any atom is -0.361 e. The van der Waals surface area contributed by atoms with Crippen molar-refractivity contribution in [3.8, 4) is 0 Å². The molecule has 0 bridgehead atoms. The summed E-state index contributed by atoms with van der Waals surface area (Å²) in [5, 5.41) is 7.89. The molecule has 1 unspecified atom stereocenters. The van der Waals surface area contributed by atoms with Gasteiger partial charge in [-0.1, -0.05) is 68.1 Å². The van der Waals surface area contributed by atoms with Crippen molar-refractivity contribution in [2.75, 3.05) is 6.54 Å². The highest BCUT2D eigenvalue weighted by Gasteiger charge is 2.20. The molecule has 2 aromatic rings. The zero-order valence-electron chi connectivity index (χ0n) is 12.7. The minimum absolute atomic E-state index is 0.653. The highest BCUT2D eigenvalue weighted by atomic mass is 32.2. The standard InChI is InChI=1S/C18H22N2S/c1-13(2)10-16-12-20-18(21-16)19-11-15-8-5-7-14-6-3-4-9-17(14)15/h3-9,13,16H,10-12H2,1-2H3,(H,19,20). The van der Waals surface area contributed by atoms with Crippen LogP contribution in [0.25, 0.3) is 10.8 Å². The number of thioether (sulfide) groups is 1. The monoisotopic (exact) mass is 298 g/mol. The molecule has 0 fully saturated rings. The largest absolute Gasteiger partial charge is 0.361 e. The molecule has 0 aromatic heterocycles. The lowest BCUT2D eigenvalue weighted by Gasteiger charge is -2.12. The molecule has 0 saturated heterocycles. The SMILES string of the molecule is CC(C)CC1CN=C(NCc2cccc3ccccc23)S1. The maximum absolute atomic E-state index is 4.63. The quantitative estimate of drug-likeness (QED) is 0.902. The molecule has 2 aromatic carbocycles. The Labute approximate surface area is 131 Å². The predicted octanol–water partition coefficient (Wildman–Crippen LogP) is 4.45. The van der Waals surface area contributed by atoms with Crippen LogP contribution >= 0.6 is 11.8 Å². The summed E-state index contributed by atoms with van der Waals surface area (Å²) in [5.74, 6) is 0.745. The summed E-state index contributed by atoms with van der Waals surface area (Å²) in [5.41, 5.74) is 1.34. The number of hydrogen-bond acceptors (Lipinski definition) is 3. The molecule has 110 valence electrons. The van der Waals surface area contributed by atoms with Crippen LogP contribution in [0.2, 0.25) is 0 Å². The Morgan fingerprint density at radius 2 is 2.00 bits per heavy atom. The van der Waals surface area contributed by atoms with Crippen LogP contribution in [-0.4, -0.2) is 17.0 Å². The third-order valence-electron chi connectivity index (χ3n) is 3.76. The second-order valence-electron chi connectivity index (χ2n) is 6.01. The van der Waals surface area contributed by atoms with Crippen LogP contribution in [0, 0.1) is 5.92 Å². The third-order valence-corrected chi connectivity index (χ3v) is 4.93. The Hall–Kier alpha value is -1.48. The first-order valence-corrected chi connectivity index (χ1v) is 8.52. The molecule has 0 aliphatic carbocycles. The van der Waals surface area contributed by atoms with Gasteiger partial charge in [0, 0.05) is 11.8 Å². The fourth-order valence-electron chi connectivity index (χ4n) is 2.78.